The lowest BCUT2D eigenvalue weighted by atomic mass is 10.2. The molecule has 0 radical (unpaired) electrons. The maximum Gasteiger partial charge on any atom is 0.387 e. The summed E-state index contributed by atoms with van der Waals surface area (Å²) in [7, 11) is 1.51. The first kappa shape index (κ1) is 20.0. The fourth-order valence-electron chi connectivity index (χ4n) is 1.91. The van der Waals surface area contributed by atoms with E-state index in [0.29, 0.717) is 43.6 Å². The van der Waals surface area contributed by atoms with E-state index in [9.17, 15) is 8.78 Å². The number of ether oxygens (including phenoxy) is 3. The van der Waals surface area contributed by atoms with E-state index >= 15 is 0 Å². The molecule has 0 bridgehead atoms. The van der Waals surface area contributed by atoms with E-state index in [0.717, 1.165) is 0 Å². The van der Waals surface area contributed by atoms with Crippen molar-refractivity contribution in [3.8, 4) is 11.5 Å². The predicted octanol–water partition coefficient (Wildman–Crippen LogP) is 2.39. The Kier molecular flexibility index (Phi) is 9.52. The fraction of sp³-hybridized carbons (Fsp3) is 0.562. The molecule has 0 heterocycles. The molecule has 0 fully saturated rings. The predicted molar refractivity (Wildman–Crippen MR) is 88.9 cm³/mol. The highest BCUT2D eigenvalue weighted by Crippen LogP contribution is 2.26. The van der Waals surface area contributed by atoms with E-state index in [1.54, 1.807) is 12.1 Å². The van der Waals surface area contributed by atoms with Gasteiger partial charge in [-0.2, -0.15) is 8.78 Å². The zero-order valence-electron chi connectivity index (χ0n) is 14.3. The van der Waals surface area contributed by atoms with Crippen LogP contribution >= 0.6 is 0 Å². The van der Waals surface area contributed by atoms with Crippen LogP contribution < -0.4 is 20.1 Å². The van der Waals surface area contributed by atoms with E-state index in [2.05, 4.69) is 20.4 Å². The number of guanidine groups is 1. The van der Waals surface area contributed by atoms with Crippen LogP contribution in [0.15, 0.2) is 23.2 Å². The van der Waals surface area contributed by atoms with Crippen molar-refractivity contribution in [2.24, 2.45) is 4.99 Å². The SMILES string of the molecule is CCNC(=NCc1cc(OC)ccc1OC(F)F)NCCOCC. The van der Waals surface area contributed by atoms with Gasteiger partial charge in [-0.1, -0.05) is 0 Å². The van der Waals surface area contributed by atoms with Crippen molar-refractivity contribution in [1.82, 2.24) is 10.6 Å². The summed E-state index contributed by atoms with van der Waals surface area (Å²) < 4.78 is 39.9. The van der Waals surface area contributed by atoms with Gasteiger partial charge in [-0.05, 0) is 32.0 Å². The van der Waals surface area contributed by atoms with Crippen molar-refractivity contribution in [1.29, 1.82) is 0 Å². The summed E-state index contributed by atoms with van der Waals surface area (Å²) in [6.07, 6.45) is 0. The van der Waals surface area contributed by atoms with Gasteiger partial charge in [0.15, 0.2) is 5.96 Å². The number of aliphatic imine (C=N–C) groups is 1. The molecule has 0 saturated carbocycles. The third-order valence-corrected chi connectivity index (χ3v) is 2.98. The minimum Gasteiger partial charge on any atom is -0.497 e. The highest BCUT2D eigenvalue weighted by molar-refractivity contribution is 5.79. The molecule has 6 nitrogen and oxygen atoms in total. The van der Waals surface area contributed by atoms with Gasteiger partial charge in [0.05, 0.1) is 20.3 Å². The minimum absolute atomic E-state index is 0.0831. The van der Waals surface area contributed by atoms with Crippen LogP contribution in [0.3, 0.4) is 0 Å². The molecular weight excluding hydrogens is 320 g/mol. The molecule has 136 valence electrons. The zero-order valence-corrected chi connectivity index (χ0v) is 14.3. The Hall–Kier alpha value is -2.09. The standard InChI is InChI=1S/C16H25F2N3O3/c1-4-19-16(20-8-9-23-5-2)21-11-12-10-13(22-3)6-7-14(12)24-15(17)18/h6-7,10,15H,4-5,8-9,11H2,1-3H3,(H2,19,20,21). The zero-order chi connectivity index (χ0) is 17.8. The lowest BCUT2D eigenvalue weighted by Crippen LogP contribution is -2.39. The molecule has 0 saturated heterocycles. The largest absolute Gasteiger partial charge is 0.497 e. The van der Waals surface area contributed by atoms with Gasteiger partial charge in [-0.15, -0.1) is 0 Å². The quantitative estimate of drug-likeness (QED) is 0.387. The molecule has 24 heavy (non-hydrogen) atoms. The smallest absolute Gasteiger partial charge is 0.387 e. The lowest BCUT2D eigenvalue weighted by Gasteiger charge is -2.13. The molecule has 0 aliphatic carbocycles. The Morgan fingerprint density at radius 2 is 2.04 bits per heavy atom. The second-order valence-electron chi connectivity index (χ2n) is 4.67. The Labute approximate surface area is 141 Å². The molecule has 0 aromatic heterocycles. The van der Waals surface area contributed by atoms with Crippen molar-refractivity contribution < 1.29 is 23.0 Å². The first-order valence-corrected chi connectivity index (χ1v) is 7.82. The van der Waals surface area contributed by atoms with Gasteiger partial charge in [0.1, 0.15) is 11.5 Å². The summed E-state index contributed by atoms with van der Waals surface area (Å²) >= 11 is 0. The molecule has 1 aromatic carbocycles. The number of hydrogen-bond acceptors (Lipinski definition) is 4. The first-order chi connectivity index (χ1) is 11.6. The Bertz CT molecular complexity index is 513. The molecule has 0 spiro atoms. The Balaban J connectivity index is 2.81. The average molecular weight is 345 g/mol. The van der Waals surface area contributed by atoms with Crippen molar-refractivity contribution in [2.75, 3.05) is 33.4 Å². The molecule has 2 N–H and O–H groups in total. The second-order valence-corrected chi connectivity index (χ2v) is 4.67. The molecule has 1 rings (SSSR count). The van der Waals surface area contributed by atoms with Crippen LogP contribution in [-0.4, -0.2) is 46.0 Å². The fourth-order valence-corrected chi connectivity index (χ4v) is 1.91. The average Bonchev–Trinajstić information content (AvgIpc) is 2.57. The number of nitrogens with one attached hydrogen (secondary N) is 2. The van der Waals surface area contributed by atoms with Gasteiger partial charge in [-0.25, -0.2) is 4.99 Å². The number of halogens is 2. The van der Waals surface area contributed by atoms with E-state index in [1.807, 2.05) is 13.8 Å². The summed E-state index contributed by atoms with van der Waals surface area (Å²) in [6, 6.07) is 4.65. The van der Waals surface area contributed by atoms with E-state index in [4.69, 9.17) is 9.47 Å². The number of methoxy groups -OCH3 is 1. The number of hydrogen-bond donors (Lipinski definition) is 2. The molecule has 0 amide bonds. The highest BCUT2D eigenvalue weighted by atomic mass is 19.3. The first-order valence-electron chi connectivity index (χ1n) is 7.82. The van der Waals surface area contributed by atoms with E-state index < -0.39 is 6.61 Å². The summed E-state index contributed by atoms with van der Waals surface area (Å²) in [5.74, 6) is 1.21. The summed E-state index contributed by atoms with van der Waals surface area (Å²) in [5.41, 5.74) is 0.511. The second kappa shape index (κ2) is 11.4. The summed E-state index contributed by atoms with van der Waals surface area (Å²) in [4.78, 5) is 4.38. The number of alkyl halides is 2. The minimum atomic E-state index is -2.89. The van der Waals surface area contributed by atoms with Gasteiger partial charge >= 0.3 is 6.61 Å². The van der Waals surface area contributed by atoms with Crippen LogP contribution in [0.5, 0.6) is 11.5 Å². The van der Waals surface area contributed by atoms with Crippen LogP contribution in [0, 0.1) is 0 Å². The van der Waals surface area contributed by atoms with Crippen LogP contribution in [-0.2, 0) is 11.3 Å². The van der Waals surface area contributed by atoms with Gasteiger partial charge in [0, 0.05) is 25.3 Å². The maximum atomic E-state index is 12.5. The normalized spacial score (nSPS) is 11.5. The van der Waals surface area contributed by atoms with Crippen LogP contribution in [0.2, 0.25) is 0 Å². The third-order valence-electron chi connectivity index (χ3n) is 2.98. The number of benzene rings is 1. The maximum absolute atomic E-state index is 12.5. The monoisotopic (exact) mass is 345 g/mol. The molecular formula is C16H25F2N3O3. The third kappa shape index (κ3) is 7.45. The van der Waals surface area contributed by atoms with Crippen molar-refractivity contribution >= 4 is 5.96 Å². The Morgan fingerprint density at radius 3 is 2.67 bits per heavy atom. The van der Waals surface area contributed by atoms with Gasteiger partial charge < -0.3 is 24.8 Å². The van der Waals surface area contributed by atoms with Crippen LogP contribution in [0.1, 0.15) is 19.4 Å². The number of rotatable bonds is 10. The number of nitrogens with zero attached hydrogens (tertiary/aromatic N) is 1. The molecule has 1 aromatic rings. The van der Waals surface area contributed by atoms with Crippen molar-refractivity contribution in [3.05, 3.63) is 23.8 Å². The van der Waals surface area contributed by atoms with Gasteiger partial charge in [-0.3, -0.25) is 0 Å². The van der Waals surface area contributed by atoms with E-state index in [-0.39, 0.29) is 12.3 Å². The van der Waals surface area contributed by atoms with Gasteiger partial charge in [0.25, 0.3) is 0 Å². The van der Waals surface area contributed by atoms with Crippen LogP contribution in [0.4, 0.5) is 8.78 Å². The Morgan fingerprint density at radius 1 is 1.25 bits per heavy atom. The molecule has 0 atom stereocenters. The molecule has 0 unspecified atom stereocenters. The summed E-state index contributed by atoms with van der Waals surface area (Å²) in [5, 5.41) is 6.19. The van der Waals surface area contributed by atoms with E-state index in [1.165, 1.54) is 13.2 Å². The molecule has 0 aliphatic rings. The molecule has 8 heteroatoms. The van der Waals surface area contributed by atoms with Gasteiger partial charge in [0.2, 0.25) is 0 Å². The van der Waals surface area contributed by atoms with Crippen LogP contribution in [0.25, 0.3) is 0 Å². The van der Waals surface area contributed by atoms with Crippen molar-refractivity contribution in [3.63, 3.8) is 0 Å². The topological polar surface area (TPSA) is 64.1 Å². The molecule has 0 aliphatic heterocycles. The van der Waals surface area contributed by atoms with Crippen molar-refractivity contribution in [2.45, 2.75) is 27.0 Å². The summed E-state index contributed by atoms with van der Waals surface area (Å²) in [6.45, 7) is 3.62. The lowest BCUT2D eigenvalue weighted by molar-refractivity contribution is -0.0504. The highest BCUT2D eigenvalue weighted by Gasteiger charge is 2.11.